The Morgan fingerprint density at radius 1 is 1.27 bits per heavy atom. The highest BCUT2D eigenvalue weighted by molar-refractivity contribution is 5.01. The summed E-state index contributed by atoms with van der Waals surface area (Å²) in [6, 6.07) is 0. The molecule has 11 heavy (non-hydrogen) atoms. The van der Waals surface area contributed by atoms with Crippen LogP contribution in [0.5, 0.6) is 0 Å². The second kappa shape index (κ2) is 2.40. The molecule has 0 aliphatic carbocycles. The van der Waals surface area contributed by atoms with Crippen molar-refractivity contribution < 1.29 is 24.8 Å². The smallest absolute Gasteiger partial charge is 0.184 e. The van der Waals surface area contributed by atoms with E-state index in [4.69, 9.17) is 24.8 Å². The fourth-order valence-corrected chi connectivity index (χ4v) is 1.36. The maximum absolute atomic E-state index is 9.11. The SMILES string of the molecule is OC[C@@H](O)[C@H]1O[C@@H](O)[C@H]2O[C@@H]12. The topological polar surface area (TPSA) is 82.5 Å². The van der Waals surface area contributed by atoms with E-state index < -0.39 is 18.5 Å². The number of aliphatic hydroxyl groups is 3. The van der Waals surface area contributed by atoms with E-state index in [1.165, 1.54) is 0 Å². The molecule has 0 radical (unpaired) electrons. The Kier molecular flexibility index (Phi) is 1.62. The van der Waals surface area contributed by atoms with Gasteiger partial charge in [0.05, 0.1) is 6.61 Å². The number of rotatable bonds is 2. The first kappa shape index (κ1) is 7.45. The van der Waals surface area contributed by atoms with Gasteiger partial charge in [-0.25, -0.2) is 0 Å². The molecule has 64 valence electrons. The predicted octanol–water partition coefficient (Wildman–Crippen LogP) is -2.18. The normalized spacial score (nSPS) is 50.5. The molecule has 2 aliphatic heterocycles. The molecule has 2 saturated heterocycles. The number of hydrogen-bond acceptors (Lipinski definition) is 5. The lowest BCUT2D eigenvalue weighted by atomic mass is 10.1. The third kappa shape index (κ3) is 1.05. The van der Waals surface area contributed by atoms with E-state index in [0.717, 1.165) is 0 Å². The van der Waals surface area contributed by atoms with Gasteiger partial charge >= 0.3 is 0 Å². The first-order valence-electron chi connectivity index (χ1n) is 3.52. The molecule has 0 saturated carbocycles. The molecule has 0 unspecified atom stereocenters. The van der Waals surface area contributed by atoms with Gasteiger partial charge in [0, 0.05) is 0 Å². The molecule has 2 rings (SSSR count). The number of fused-ring (bicyclic) bond motifs is 1. The maximum Gasteiger partial charge on any atom is 0.184 e. The highest BCUT2D eigenvalue weighted by Gasteiger charge is 2.59. The molecule has 2 fully saturated rings. The van der Waals surface area contributed by atoms with E-state index >= 15 is 0 Å². The number of hydrogen-bond donors (Lipinski definition) is 3. The van der Waals surface area contributed by atoms with Crippen LogP contribution in [-0.4, -0.2) is 52.6 Å². The fourth-order valence-electron chi connectivity index (χ4n) is 1.36. The molecule has 2 heterocycles. The minimum absolute atomic E-state index is 0.229. The average molecular weight is 162 g/mol. The molecule has 0 aromatic carbocycles. The Labute approximate surface area is 63.2 Å². The fraction of sp³-hybridized carbons (Fsp3) is 1.00. The van der Waals surface area contributed by atoms with Crippen molar-refractivity contribution in [2.24, 2.45) is 0 Å². The summed E-state index contributed by atoms with van der Waals surface area (Å²) in [6.07, 6.45) is -2.98. The van der Waals surface area contributed by atoms with Gasteiger partial charge in [0.2, 0.25) is 0 Å². The number of aliphatic hydroxyl groups excluding tert-OH is 3. The van der Waals surface area contributed by atoms with E-state index in [-0.39, 0.29) is 18.8 Å². The Balaban J connectivity index is 1.96. The largest absolute Gasteiger partial charge is 0.394 e. The van der Waals surface area contributed by atoms with Gasteiger partial charge in [-0.05, 0) is 0 Å². The molecule has 5 heteroatoms. The lowest BCUT2D eigenvalue weighted by Crippen LogP contribution is -2.34. The summed E-state index contributed by atoms with van der Waals surface area (Å²) in [5.74, 6) is 0. The second-order valence-corrected chi connectivity index (χ2v) is 2.81. The quantitative estimate of drug-likeness (QED) is 0.402. The van der Waals surface area contributed by atoms with Crippen LogP contribution in [0.4, 0.5) is 0 Å². The Bertz CT molecular complexity index is 159. The van der Waals surface area contributed by atoms with Gasteiger partial charge in [-0.15, -0.1) is 0 Å². The van der Waals surface area contributed by atoms with E-state index in [9.17, 15) is 0 Å². The molecule has 2 aliphatic rings. The molecular weight excluding hydrogens is 152 g/mol. The van der Waals surface area contributed by atoms with Gasteiger partial charge in [-0.3, -0.25) is 0 Å². The number of ether oxygens (including phenoxy) is 2. The van der Waals surface area contributed by atoms with Crippen LogP contribution in [0.25, 0.3) is 0 Å². The van der Waals surface area contributed by atoms with Crippen LogP contribution in [0.1, 0.15) is 0 Å². The van der Waals surface area contributed by atoms with E-state index in [1.807, 2.05) is 0 Å². The summed E-state index contributed by atoms with van der Waals surface area (Å²) in [5, 5.41) is 26.7. The van der Waals surface area contributed by atoms with Crippen LogP contribution >= 0.6 is 0 Å². The zero-order valence-electron chi connectivity index (χ0n) is 5.75. The highest BCUT2D eigenvalue weighted by atomic mass is 16.7. The minimum Gasteiger partial charge on any atom is -0.394 e. The first-order chi connectivity index (χ1) is 5.24. The Morgan fingerprint density at radius 3 is 2.36 bits per heavy atom. The van der Waals surface area contributed by atoms with E-state index in [1.54, 1.807) is 0 Å². The summed E-state index contributed by atoms with van der Waals surface area (Å²) < 4.78 is 9.85. The summed E-state index contributed by atoms with van der Waals surface area (Å²) >= 11 is 0. The van der Waals surface area contributed by atoms with Crippen LogP contribution in [0, 0.1) is 0 Å². The van der Waals surface area contributed by atoms with E-state index in [2.05, 4.69) is 0 Å². The van der Waals surface area contributed by atoms with Gasteiger partial charge in [-0.1, -0.05) is 0 Å². The number of epoxide rings is 1. The Hall–Kier alpha value is -0.200. The molecule has 0 spiro atoms. The maximum atomic E-state index is 9.11. The first-order valence-corrected chi connectivity index (χ1v) is 3.52. The van der Waals surface area contributed by atoms with Crippen molar-refractivity contribution in [2.75, 3.05) is 6.61 Å². The van der Waals surface area contributed by atoms with Crippen molar-refractivity contribution in [3.63, 3.8) is 0 Å². The Morgan fingerprint density at radius 2 is 2.00 bits per heavy atom. The standard InChI is InChI=1S/C6H10O5/c7-1-2(8)3-4-5(10-4)6(9)11-3/h2-9H,1H2/t2-,3-,4+,5+,6-/m1/s1. The van der Waals surface area contributed by atoms with Crippen LogP contribution in [0.2, 0.25) is 0 Å². The van der Waals surface area contributed by atoms with Crippen molar-refractivity contribution in [3.8, 4) is 0 Å². The van der Waals surface area contributed by atoms with Crippen LogP contribution in [0.15, 0.2) is 0 Å². The zero-order valence-corrected chi connectivity index (χ0v) is 5.75. The summed E-state index contributed by atoms with van der Waals surface area (Å²) in [6.45, 7) is -0.371. The highest BCUT2D eigenvalue weighted by Crippen LogP contribution is 2.39. The molecular formula is C6H10O5. The molecule has 0 amide bonds. The summed E-state index contributed by atoms with van der Waals surface area (Å²) in [4.78, 5) is 0. The van der Waals surface area contributed by atoms with Gasteiger partial charge in [0.25, 0.3) is 0 Å². The third-order valence-corrected chi connectivity index (χ3v) is 2.03. The van der Waals surface area contributed by atoms with Crippen molar-refractivity contribution in [1.29, 1.82) is 0 Å². The van der Waals surface area contributed by atoms with Gasteiger partial charge in [-0.2, -0.15) is 0 Å². The van der Waals surface area contributed by atoms with Crippen LogP contribution < -0.4 is 0 Å². The summed E-state index contributed by atoms with van der Waals surface area (Å²) in [7, 11) is 0. The molecule has 5 atom stereocenters. The molecule has 5 nitrogen and oxygen atoms in total. The second-order valence-electron chi connectivity index (χ2n) is 2.81. The van der Waals surface area contributed by atoms with Crippen molar-refractivity contribution in [2.45, 2.75) is 30.7 Å². The van der Waals surface area contributed by atoms with Crippen molar-refractivity contribution in [3.05, 3.63) is 0 Å². The van der Waals surface area contributed by atoms with Gasteiger partial charge < -0.3 is 24.8 Å². The lowest BCUT2D eigenvalue weighted by molar-refractivity contribution is -0.171. The van der Waals surface area contributed by atoms with Crippen molar-refractivity contribution in [1.82, 2.24) is 0 Å². The van der Waals surface area contributed by atoms with E-state index in [0.29, 0.717) is 0 Å². The minimum atomic E-state index is -0.956. The summed E-state index contributed by atoms with van der Waals surface area (Å²) in [5.41, 5.74) is 0. The van der Waals surface area contributed by atoms with Gasteiger partial charge in [0.1, 0.15) is 24.4 Å². The molecule has 0 aromatic heterocycles. The van der Waals surface area contributed by atoms with Crippen LogP contribution in [-0.2, 0) is 9.47 Å². The molecule has 0 aromatic rings. The van der Waals surface area contributed by atoms with Crippen molar-refractivity contribution >= 4 is 0 Å². The third-order valence-electron chi connectivity index (χ3n) is 2.03. The lowest BCUT2D eigenvalue weighted by Gasteiger charge is -2.17. The van der Waals surface area contributed by atoms with Gasteiger partial charge in [0.15, 0.2) is 6.29 Å². The monoisotopic (exact) mass is 162 g/mol. The van der Waals surface area contributed by atoms with Crippen LogP contribution in [0.3, 0.4) is 0 Å². The zero-order chi connectivity index (χ0) is 8.01. The molecule has 0 bridgehead atoms. The average Bonchev–Trinajstić information content (AvgIpc) is 2.72. The predicted molar refractivity (Wildman–Crippen MR) is 32.6 cm³/mol. The molecule has 3 N–H and O–H groups in total.